The Morgan fingerprint density at radius 1 is 0.889 bits per heavy atom. The van der Waals surface area contributed by atoms with Crippen LogP contribution in [0.25, 0.3) is 11.1 Å². The maximum atomic E-state index is 9.26. The molecule has 2 aromatic carbocycles. The molecule has 18 heavy (non-hydrogen) atoms. The van der Waals surface area contributed by atoms with Crippen molar-refractivity contribution < 1.29 is 0 Å². The van der Waals surface area contributed by atoms with Crippen LogP contribution >= 0.6 is 31.9 Å². The van der Waals surface area contributed by atoms with Gasteiger partial charge in [-0.05, 0) is 28.3 Å². The maximum absolute atomic E-state index is 9.26. The van der Waals surface area contributed by atoms with Crippen LogP contribution in [0.15, 0.2) is 42.5 Å². The van der Waals surface area contributed by atoms with Crippen LogP contribution < -0.4 is 0 Å². The topological polar surface area (TPSA) is 23.8 Å². The number of nitrogens with zero attached hydrogens (tertiary/aromatic N) is 1. The number of rotatable bonds is 0. The molecule has 2 aromatic rings. The molecule has 0 aliphatic heterocycles. The van der Waals surface area contributed by atoms with E-state index in [-0.39, 0.29) is 9.65 Å². The average Bonchev–Trinajstić information content (AvgIpc) is 2.44. The van der Waals surface area contributed by atoms with Crippen molar-refractivity contribution in [2.24, 2.45) is 0 Å². The van der Waals surface area contributed by atoms with Crippen LogP contribution in [0, 0.1) is 11.3 Å². The fourth-order valence-electron chi connectivity index (χ4n) is 2.48. The molecule has 3 rings (SSSR count). The average molecular weight is 363 g/mol. The van der Waals surface area contributed by atoms with Gasteiger partial charge in [0.1, 0.15) is 0 Å². The highest BCUT2D eigenvalue weighted by atomic mass is 79.9. The van der Waals surface area contributed by atoms with E-state index in [1.165, 1.54) is 11.1 Å². The van der Waals surface area contributed by atoms with Crippen molar-refractivity contribution in [2.75, 3.05) is 0 Å². The van der Waals surface area contributed by atoms with E-state index in [0.717, 1.165) is 16.7 Å². The second-order valence-corrected chi connectivity index (χ2v) is 6.24. The zero-order chi connectivity index (χ0) is 12.7. The Labute approximate surface area is 123 Å². The number of fused-ring (bicyclic) bond motifs is 3. The molecule has 1 aliphatic rings. The molecule has 0 fully saturated rings. The van der Waals surface area contributed by atoms with Gasteiger partial charge < -0.3 is 0 Å². The molecule has 0 radical (unpaired) electrons. The highest BCUT2D eigenvalue weighted by molar-refractivity contribution is 9.12. The summed E-state index contributed by atoms with van der Waals surface area (Å²) in [5.74, 6) is 0. The summed E-state index contributed by atoms with van der Waals surface area (Å²) in [7, 11) is 0. The van der Waals surface area contributed by atoms with Crippen molar-refractivity contribution in [3.05, 3.63) is 59.2 Å². The summed E-state index contributed by atoms with van der Waals surface area (Å²) in [5, 5.41) is 9.26. The molecule has 0 spiro atoms. The van der Waals surface area contributed by atoms with Crippen LogP contribution in [-0.2, 0) is 0 Å². The van der Waals surface area contributed by atoms with E-state index in [1.54, 1.807) is 0 Å². The van der Waals surface area contributed by atoms with E-state index in [2.05, 4.69) is 56.1 Å². The molecule has 2 unspecified atom stereocenters. The number of halogens is 2. The largest absolute Gasteiger partial charge is 0.192 e. The van der Waals surface area contributed by atoms with E-state index in [1.807, 2.05) is 24.3 Å². The first-order valence-corrected chi connectivity index (χ1v) is 7.47. The summed E-state index contributed by atoms with van der Waals surface area (Å²) >= 11 is 7.45. The summed E-state index contributed by atoms with van der Waals surface area (Å²) < 4.78 is 0. The molecule has 88 valence electrons. The second kappa shape index (κ2) is 4.53. The van der Waals surface area contributed by atoms with Crippen molar-refractivity contribution in [3.8, 4) is 17.2 Å². The first-order valence-electron chi connectivity index (χ1n) is 5.64. The SMILES string of the molecule is N#Cc1cccc2c1C(Br)C(Br)c1ccccc1-2. The van der Waals surface area contributed by atoms with Crippen molar-refractivity contribution >= 4 is 31.9 Å². The van der Waals surface area contributed by atoms with Gasteiger partial charge in [0.05, 0.1) is 21.3 Å². The normalized spacial score (nSPS) is 20.7. The standard InChI is InChI=1S/C15H9Br2N/c16-14-12-6-2-1-5-10(12)11-7-3-4-9(8-18)13(11)15(14)17/h1-7,14-15H. The summed E-state index contributed by atoms with van der Waals surface area (Å²) in [6.07, 6.45) is 0. The molecule has 1 aliphatic carbocycles. The van der Waals surface area contributed by atoms with Crippen molar-refractivity contribution in [3.63, 3.8) is 0 Å². The minimum absolute atomic E-state index is 0.123. The predicted octanol–water partition coefficient (Wildman–Crippen LogP) is 5.11. The van der Waals surface area contributed by atoms with Crippen molar-refractivity contribution in [1.82, 2.24) is 0 Å². The highest BCUT2D eigenvalue weighted by Crippen LogP contribution is 2.53. The number of alkyl halides is 2. The second-order valence-electron chi connectivity index (χ2n) is 4.27. The summed E-state index contributed by atoms with van der Waals surface area (Å²) in [6, 6.07) is 16.5. The van der Waals surface area contributed by atoms with E-state index in [4.69, 9.17) is 0 Å². The quantitative estimate of drug-likeness (QED) is 0.597. The van der Waals surface area contributed by atoms with Crippen molar-refractivity contribution in [2.45, 2.75) is 9.65 Å². The third-order valence-corrected chi connectivity index (χ3v) is 6.03. The Kier molecular flexibility index (Phi) is 3.01. The Hall–Kier alpha value is -1.11. The Morgan fingerprint density at radius 2 is 1.61 bits per heavy atom. The summed E-state index contributed by atoms with van der Waals surface area (Å²) in [5.41, 5.74) is 5.46. The molecule has 3 heteroatoms. The van der Waals surface area contributed by atoms with Crippen LogP contribution in [0.4, 0.5) is 0 Å². The van der Waals surface area contributed by atoms with Gasteiger partial charge in [-0.25, -0.2) is 0 Å². The molecule has 0 bridgehead atoms. The third kappa shape index (κ3) is 1.64. The summed E-state index contributed by atoms with van der Waals surface area (Å²) in [6.45, 7) is 0. The first kappa shape index (κ1) is 12.0. The van der Waals surface area contributed by atoms with Gasteiger partial charge in [0.15, 0.2) is 0 Å². The van der Waals surface area contributed by atoms with E-state index in [0.29, 0.717) is 0 Å². The molecule has 0 saturated carbocycles. The lowest BCUT2D eigenvalue weighted by Crippen LogP contribution is -2.10. The lowest BCUT2D eigenvalue weighted by Gasteiger charge is -2.29. The molecule has 0 saturated heterocycles. The summed E-state index contributed by atoms with van der Waals surface area (Å²) in [4.78, 5) is 0.314. The van der Waals surface area contributed by atoms with E-state index in [9.17, 15) is 5.26 Å². The lowest BCUT2D eigenvalue weighted by molar-refractivity contribution is 0.916. The smallest absolute Gasteiger partial charge is 0.0995 e. The van der Waals surface area contributed by atoms with Gasteiger partial charge in [-0.2, -0.15) is 5.26 Å². The zero-order valence-electron chi connectivity index (χ0n) is 9.40. The molecule has 0 heterocycles. The molecular weight excluding hydrogens is 354 g/mol. The molecule has 0 aromatic heterocycles. The van der Waals surface area contributed by atoms with Crippen LogP contribution in [0.5, 0.6) is 0 Å². The number of hydrogen-bond donors (Lipinski definition) is 0. The van der Waals surface area contributed by atoms with Gasteiger partial charge >= 0.3 is 0 Å². The minimum atomic E-state index is 0.123. The predicted molar refractivity (Wildman–Crippen MR) is 79.9 cm³/mol. The van der Waals surface area contributed by atoms with Gasteiger partial charge in [0.25, 0.3) is 0 Å². The van der Waals surface area contributed by atoms with E-state index >= 15 is 0 Å². The monoisotopic (exact) mass is 361 g/mol. The molecule has 0 amide bonds. The van der Waals surface area contributed by atoms with Gasteiger partial charge in [0.2, 0.25) is 0 Å². The Bertz CT molecular complexity index is 658. The molecule has 2 atom stereocenters. The number of nitriles is 1. The minimum Gasteiger partial charge on any atom is -0.192 e. The first-order chi connectivity index (χ1) is 8.74. The van der Waals surface area contributed by atoms with Gasteiger partial charge in [-0.1, -0.05) is 68.3 Å². The van der Waals surface area contributed by atoms with Crippen LogP contribution in [0.1, 0.15) is 26.3 Å². The van der Waals surface area contributed by atoms with Crippen LogP contribution in [0.2, 0.25) is 0 Å². The third-order valence-electron chi connectivity index (χ3n) is 3.31. The lowest BCUT2D eigenvalue weighted by atomic mass is 9.83. The fourth-order valence-corrected chi connectivity index (χ4v) is 3.92. The molecular formula is C15H9Br2N. The Balaban J connectivity index is 2.37. The van der Waals surface area contributed by atoms with Gasteiger partial charge in [0, 0.05) is 0 Å². The highest BCUT2D eigenvalue weighted by Gasteiger charge is 2.31. The van der Waals surface area contributed by atoms with Gasteiger partial charge in [-0.15, -0.1) is 0 Å². The van der Waals surface area contributed by atoms with Crippen LogP contribution in [-0.4, -0.2) is 0 Å². The van der Waals surface area contributed by atoms with Crippen LogP contribution in [0.3, 0.4) is 0 Å². The van der Waals surface area contributed by atoms with E-state index < -0.39 is 0 Å². The number of hydrogen-bond acceptors (Lipinski definition) is 1. The molecule has 1 nitrogen and oxygen atoms in total. The fraction of sp³-hybridized carbons (Fsp3) is 0.133. The molecule has 0 N–H and O–H groups in total. The zero-order valence-corrected chi connectivity index (χ0v) is 12.6. The van der Waals surface area contributed by atoms with Crippen molar-refractivity contribution in [1.29, 1.82) is 5.26 Å². The number of benzene rings is 2. The maximum Gasteiger partial charge on any atom is 0.0995 e. The van der Waals surface area contributed by atoms with Gasteiger partial charge in [-0.3, -0.25) is 0 Å². The Morgan fingerprint density at radius 3 is 2.39 bits per heavy atom.